The van der Waals surface area contributed by atoms with Crippen molar-refractivity contribution in [3.8, 4) is 11.8 Å². The fourth-order valence-electron chi connectivity index (χ4n) is 1.98. The molecule has 1 saturated carbocycles. The van der Waals surface area contributed by atoms with Crippen LogP contribution < -0.4 is 5.32 Å². The van der Waals surface area contributed by atoms with Gasteiger partial charge in [-0.15, -0.1) is 0 Å². The average Bonchev–Trinajstić information content (AvgIpc) is 3.23. The third-order valence-electron chi connectivity index (χ3n) is 3.64. The van der Waals surface area contributed by atoms with E-state index in [0.29, 0.717) is 16.5 Å². The number of rotatable bonds is 4. The second-order valence-corrected chi connectivity index (χ2v) is 4.96. The second-order valence-electron chi connectivity index (χ2n) is 4.96. The highest BCUT2D eigenvalue weighted by Gasteiger charge is 2.40. The molecule has 1 amide bonds. The molecule has 0 aromatic carbocycles. The first-order valence-corrected chi connectivity index (χ1v) is 6.52. The van der Waals surface area contributed by atoms with Crippen LogP contribution in [0.5, 0.6) is 0 Å². The summed E-state index contributed by atoms with van der Waals surface area (Å²) in [6.07, 6.45) is 6.61. The largest absolute Gasteiger partial charge is 0.384 e. The maximum atomic E-state index is 12.0. The summed E-state index contributed by atoms with van der Waals surface area (Å²) in [6, 6.07) is 1.69. The van der Waals surface area contributed by atoms with E-state index < -0.39 is 0 Å². The van der Waals surface area contributed by atoms with Crippen LogP contribution >= 0.6 is 0 Å². The van der Waals surface area contributed by atoms with Gasteiger partial charge in [-0.1, -0.05) is 18.8 Å². The third kappa shape index (κ3) is 3.55. The summed E-state index contributed by atoms with van der Waals surface area (Å²) in [5, 5.41) is 11.6. The molecule has 0 aliphatic heterocycles. The summed E-state index contributed by atoms with van der Waals surface area (Å²) in [6.45, 7) is 2.69. The van der Waals surface area contributed by atoms with Crippen molar-refractivity contribution in [3.05, 3.63) is 29.6 Å². The van der Waals surface area contributed by atoms with Crippen molar-refractivity contribution < 1.29 is 9.90 Å². The fraction of sp³-hybridized carbons (Fsp3) is 0.467. The molecule has 4 nitrogen and oxygen atoms in total. The van der Waals surface area contributed by atoms with Gasteiger partial charge in [0.1, 0.15) is 6.61 Å². The molecule has 1 aromatic rings. The number of carbonyl (C=O) groups is 1. The standard InChI is InChI=1S/C15H18N2O2/c1-2-15(5-6-15)11-17-14(19)13-8-12(4-3-7-18)9-16-10-13/h8-10,18H,2,5-7,11H2,1H3,(H,17,19). The predicted octanol–water partition coefficient (Wildman–Crippen LogP) is 1.35. The maximum Gasteiger partial charge on any atom is 0.252 e. The van der Waals surface area contributed by atoms with Crippen molar-refractivity contribution in [2.24, 2.45) is 5.41 Å². The zero-order chi connectivity index (χ0) is 13.7. The Labute approximate surface area is 113 Å². The van der Waals surface area contributed by atoms with Crippen LogP contribution in [0.25, 0.3) is 0 Å². The minimum atomic E-state index is -0.199. The van der Waals surface area contributed by atoms with Gasteiger partial charge in [-0.25, -0.2) is 0 Å². The number of aliphatic hydroxyl groups excluding tert-OH is 1. The van der Waals surface area contributed by atoms with Crippen LogP contribution in [0, 0.1) is 17.3 Å². The number of carbonyl (C=O) groups excluding carboxylic acids is 1. The Morgan fingerprint density at radius 1 is 1.53 bits per heavy atom. The van der Waals surface area contributed by atoms with Gasteiger partial charge in [-0.2, -0.15) is 0 Å². The van der Waals surface area contributed by atoms with Gasteiger partial charge in [0.25, 0.3) is 5.91 Å². The van der Waals surface area contributed by atoms with Crippen molar-refractivity contribution in [1.82, 2.24) is 10.3 Å². The van der Waals surface area contributed by atoms with Gasteiger partial charge in [-0.3, -0.25) is 9.78 Å². The molecular weight excluding hydrogens is 240 g/mol. The zero-order valence-electron chi connectivity index (χ0n) is 11.1. The third-order valence-corrected chi connectivity index (χ3v) is 3.64. The Morgan fingerprint density at radius 3 is 2.95 bits per heavy atom. The molecule has 0 saturated heterocycles. The van der Waals surface area contributed by atoms with Crippen LogP contribution in [0.2, 0.25) is 0 Å². The lowest BCUT2D eigenvalue weighted by Gasteiger charge is -2.13. The molecular formula is C15H18N2O2. The lowest BCUT2D eigenvalue weighted by molar-refractivity contribution is 0.0944. The van der Waals surface area contributed by atoms with Gasteiger partial charge in [0.2, 0.25) is 0 Å². The van der Waals surface area contributed by atoms with Crippen LogP contribution in [0.4, 0.5) is 0 Å². The quantitative estimate of drug-likeness (QED) is 0.801. The number of aromatic nitrogens is 1. The topological polar surface area (TPSA) is 62.2 Å². The van der Waals surface area contributed by atoms with Crippen LogP contribution in [-0.2, 0) is 0 Å². The van der Waals surface area contributed by atoms with E-state index in [0.717, 1.165) is 13.0 Å². The number of hydrogen-bond acceptors (Lipinski definition) is 3. The van der Waals surface area contributed by atoms with Gasteiger partial charge < -0.3 is 10.4 Å². The second kappa shape index (κ2) is 5.85. The van der Waals surface area contributed by atoms with Crippen LogP contribution in [0.15, 0.2) is 18.5 Å². The van der Waals surface area contributed by atoms with Gasteiger partial charge in [0.05, 0.1) is 5.56 Å². The summed E-state index contributed by atoms with van der Waals surface area (Å²) < 4.78 is 0. The van der Waals surface area contributed by atoms with E-state index in [-0.39, 0.29) is 12.5 Å². The van der Waals surface area contributed by atoms with Crippen molar-refractivity contribution in [1.29, 1.82) is 0 Å². The molecule has 0 radical (unpaired) electrons. The predicted molar refractivity (Wildman–Crippen MR) is 72.5 cm³/mol. The molecule has 1 heterocycles. The molecule has 0 atom stereocenters. The van der Waals surface area contributed by atoms with E-state index in [1.807, 2.05) is 0 Å². The highest BCUT2D eigenvalue weighted by atomic mass is 16.2. The van der Waals surface area contributed by atoms with Crippen molar-refractivity contribution >= 4 is 5.91 Å². The van der Waals surface area contributed by atoms with Gasteiger partial charge >= 0.3 is 0 Å². The Kier molecular flexibility index (Phi) is 4.18. The molecule has 0 spiro atoms. The number of amides is 1. The number of aliphatic hydroxyl groups is 1. The molecule has 0 unspecified atom stereocenters. The van der Waals surface area contributed by atoms with Crippen molar-refractivity contribution in [3.63, 3.8) is 0 Å². The Bertz CT molecular complexity index is 524. The monoisotopic (exact) mass is 258 g/mol. The molecule has 0 bridgehead atoms. The van der Waals surface area contributed by atoms with Gasteiger partial charge in [-0.05, 0) is 30.7 Å². The molecule has 1 aromatic heterocycles. The highest BCUT2D eigenvalue weighted by Crippen LogP contribution is 2.47. The van der Waals surface area contributed by atoms with E-state index in [4.69, 9.17) is 5.11 Å². The van der Waals surface area contributed by atoms with E-state index in [2.05, 4.69) is 29.1 Å². The normalized spacial score (nSPS) is 15.3. The van der Waals surface area contributed by atoms with Crippen LogP contribution in [-0.4, -0.2) is 29.1 Å². The zero-order valence-corrected chi connectivity index (χ0v) is 11.1. The van der Waals surface area contributed by atoms with E-state index >= 15 is 0 Å². The average molecular weight is 258 g/mol. The van der Waals surface area contributed by atoms with Gasteiger partial charge in [0.15, 0.2) is 0 Å². The van der Waals surface area contributed by atoms with Crippen molar-refractivity contribution in [2.45, 2.75) is 26.2 Å². The molecule has 1 fully saturated rings. The molecule has 19 heavy (non-hydrogen) atoms. The fourth-order valence-corrected chi connectivity index (χ4v) is 1.98. The van der Waals surface area contributed by atoms with Crippen molar-refractivity contribution in [2.75, 3.05) is 13.2 Å². The smallest absolute Gasteiger partial charge is 0.252 e. The van der Waals surface area contributed by atoms with E-state index in [1.165, 1.54) is 19.0 Å². The van der Waals surface area contributed by atoms with Crippen LogP contribution in [0.1, 0.15) is 42.1 Å². The van der Waals surface area contributed by atoms with E-state index in [9.17, 15) is 4.79 Å². The van der Waals surface area contributed by atoms with Gasteiger partial charge in [0, 0.05) is 24.5 Å². The summed E-state index contributed by atoms with van der Waals surface area (Å²) in [4.78, 5) is 16.0. The summed E-state index contributed by atoms with van der Waals surface area (Å²) in [5.41, 5.74) is 1.48. The summed E-state index contributed by atoms with van der Waals surface area (Å²) in [5.74, 6) is 5.17. The highest BCUT2D eigenvalue weighted by molar-refractivity contribution is 5.94. The number of hydrogen-bond donors (Lipinski definition) is 2. The minimum Gasteiger partial charge on any atom is -0.384 e. The first-order chi connectivity index (χ1) is 9.19. The van der Waals surface area contributed by atoms with Crippen LogP contribution in [0.3, 0.4) is 0 Å². The lowest BCUT2D eigenvalue weighted by Crippen LogP contribution is -2.30. The molecule has 1 aliphatic carbocycles. The van der Waals surface area contributed by atoms with E-state index in [1.54, 1.807) is 12.3 Å². The first-order valence-electron chi connectivity index (χ1n) is 6.52. The first kappa shape index (κ1) is 13.6. The minimum absolute atomic E-state index is 0.111. The summed E-state index contributed by atoms with van der Waals surface area (Å²) >= 11 is 0. The summed E-state index contributed by atoms with van der Waals surface area (Å²) in [7, 11) is 0. The number of pyridine rings is 1. The Morgan fingerprint density at radius 2 is 2.32 bits per heavy atom. The molecule has 2 N–H and O–H groups in total. The molecule has 4 heteroatoms. The lowest BCUT2D eigenvalue weighted by atomic mass is 10.0. The molecule has 100 valence electrons. The number of nitrogens with zero attached hydrogens (tertiary/aromatic N) is 1. The molecule has 1 aliphatic rings. The Balaban J connectivity index is 1.98. The maximum absolute atomic E-state index is 12.0. The Hall–Kier alpha value is -1.86. The SMILES string of the molecule is CCC1(CNC(=O)c2cncc(C#CCO)c2)CC1. The molecule has 2 rings (SSSR count). The number of nitrogens with one attached hydrogen (secondary N) is 1.